The van der Waals surface area contributed by atoms with E-state index in [-0.39, 0.29) is 24.2 Å². The van der Waals surface area contributed by atoms with Crippen LogP contribution >= 0.6 is 0 Å². The molecule has 1 saturated carbocycles. The zero-order valence-corrected chi connectivity index (χ0v) is 20.6. The molecule has 1 saturated heterocycles. The maximum absolute atomic E-state index is 13.6. The molecule has 0 bridgehead atoms. The second kappa shape index (κ2) is 7.64. The highest BCUT2D eigenvalue weighted by atomic mass is 16.5. The molecule has 4 aliphatic rings. The van der Waals surface area contributed by atoms with Crippen LogP contribution < -0.4 is 0 Å². The van der Waals surface area contributed by atoms with Crippen LogP contribution in [0.4, 0.5) is 0 Å². The normalized spacial score (nSPS) is 44.1. The second-order valence-electron chi connectivity index (χ2n) is 11.1. The van der Waals surface area contributed by atoms with Crippen LogP contribution in [0.15, 0.2) is 46.3 Å². The second-order valence-corrected chi connectivity index (χ2v) is 11.1. The van der Waals surface area contributed by atoms with Crippen molar-refractivity contribution in [1.82, 2.24) is 0 Å². The first-order valence-electron chi connectivity index (χ1n) is 12.0. The van der Waals surface area contributed by atoms with Gasteiger partial charge in [0.25, 0.3) is 0 Å². The highest BCUT2D eigenvalue weighted by molar-refractivity contribution is 5.99. The lowest BCUT2D eigenvalue weighted by Crippen LogP contribution is -2.69. The summed E-state index contributed by atoms with van der Waals surface area (Å²) >= 11 is 0. The first-order valence-corrected chi connectivity index (χ1v) is 12.0. The Bertz CT molecular complexity index is 1150. The molecule has 2 N–H and O–H groups in total. The molecule has 9 unspecified atom stereocenters. The molecular formula is C27H32O8. The summed E-state index contributed by atoms with van der Waals surface area (Å²) < 4.78 is 16.9. The van der Waals surface area contributed by atoms with Gasteiger partial charge in [-0.15, -0.1) is 0 Å². The zero-order chi connectivity index (χ0) is 25.5. The number of allylic oxidation sites excluding steroid dienone is 2. The molecule has 3 aliphatic carbocycles. The number of esters is 1. The number of carbonyl (C=O) groups is 3. The largest absolute Gasteiger partial charge is 0.481 e. The van der Waals surface area contributed by atoms with Gasteiger partial charge in [-0.1, -0.05) is 25.5 Å². The molecule has 1 aromatic rings. The molecule has 5 rings (SSSR count). The summed E-state index contributed by atoms with van der Waals surface area (Å²) in [5, 5.41) is 22.0. The fourth-order valence-corrected chi connectivity index (χ4v) is 8.08. The third-order valence-corrected chi connectivity index (χ3v) is 9.71. The molecule has 0 spiro atoms. The van der Waals surface area contributed by atoms with Crippen molar-refractivity contribution in [3.05, 3.63) is 47.5 Å². The molecule has 8 heteroatoms. The van der Waals surface area contributed by atoms with Gasteiger partial charge < -0.3 is 24.1 Å². The molecular weight excluding hydrogens is 452 g/mol. The van der Waals surface area contributed by atoms with Gasteiger partial charge in [0.1, 0.15) is 0 Å². The number of aliphatic hydroxyl groups excluding tert-OH is 1. The van der Waals surface area contributed by atoms with Gasteiger partial charge in [0.15, 0.2) is 5.78 Å². The Morgan fingerprint density at radius 1 is 1.23 bits per heavy atom. The number of carboxylic acid groups (broad SMARTS) is 1. The summed E-state index contributed by atoms with van der Waals surface area (Å²) in [4.78, 5) is 38.8. The van der Waals surface area contributed by atoms with Gasteiger partial charge in [0.05, 0.1) is 49.8 Å². The van der Waals surface area contributed by atoms with Gasteiger partial charge in [0.2, 0.25) is 0 Å². The number of methoxy groups -OCH3 is 1. The number of hydrogen-bond acceptors (Lipinski definition) is 7. The van der Waals surface area contributed by atoms with Crippen molar-refractivity contribution in [3.8, 4) is 0 Å². The van der Waals surface area contributed by atoms with Crippen molar-refractivity contribution >= 4 is 17.7 Å². The number of ketones is 1. The number of rotatable bonds is 4. The first-order chi connectivity index (χ1) is 16.4. The van der Waals surface area contributed by atoms with Crippen LogP contribution in [-0.2, 0) is 23.9 Å². The maximum atomic E-state index is 13.6. The summed E-state index contributed by atoms with van der Waals surface area (Å²) in [5.74, 6) is -3.49. The molecule has 1 aromatic heterocycles. The van der Waals surface area contributed by atoms with Gasteiger partial charge in [-0.05, 0) is 49.5 Å². The first kappa shape index (κ1) is 24.0. The number of aliphatic hydroxyl groups is 1. The quantitative estimate of drug-likeness (QED) is 0.493. The molecule has 35 heavy (non-hydrogen) atoms. The zero-order valence-electron chi connectivity index (χ0n) is 20.6. The lowest BCUT2D eigenvalue weighted by Gasteiger charge is -2.61. The molecule has 8 nitrogen and oxygen atoms in total. The Hall–Kier alpha value is -2.71. The van der Waals surface area contributed by atoms with Crippen LogP contribution in [0.1, 0.15) is 52.0 Å². The van der Waals surface area contributed by atoms with Crippen LogP contribution in [0.3, 0.4) is 0 Å². The summed E-state index contributed by atoms with van der Waals surface area (Å²) in [6, 6.07) is 1.92. The molecule has 2 heterocycles. The van der Waals surface area contributed by atoms with E-state index in [1.54, 1.807) is 19.5 Å². The maximum Gasteiger partial charge on any atom is 0.313 e. The van der Waals surface area contributed by atoms with Crippen molar-refractivity contribution in [2.24, 2.45) is 28.1 Å². The average Bonchev–Trinajstić information content (AvgIpc) is 3.51. The van der Waals surface area contributed by atoms with Crippen LogP contribution in [0.2, 0.25) is 0 Å². The Morgan fingerprint density at radius 3 is 2.54 bits per heavy atom. The van der Waals surface area contributed by atoms with E-state index >= 15 is 0 Å². The number of aliphatic carboxylic acids is 1. The third-order valence-electron chi connectivity index (χ3n) is 9.71. The van der Waals surface area contributed by atoms with Gasteiger partial charge in [0, 0.05) is 22.7 Å². The van der Waals surface area contributed by atoms with E-state index in [0.717, 1.165) is 16.7 Å². The Morgan fingerprint density at radius 2 is 1.94 bits per heavy atom. The van der Waals surface area contributed by atoms with E-state index in [1.807, 2.05) is 19.9 Å². The minimum atomic E-state index is -1.51. The minimum Gasteiger partial charge on any atom is -0.481 e. The van der Waals surface area contributed by atoms with E-state index in [0.29, 0.717) is 6.42 Å². The Kier molecular flexibility index (Phi) is 5.24. The predicted molar refractivity (Wildman–Crippen MR) is 123 cm³/mol. The highest BCUT2D eigenvalue weighted by Crippen LogP contribution is 2.69. The average molecular weight is 485 g/mol. The Balaban J connectivity index is 1.73. The van der Waals surface area contributed by atoms with Crippen molar-refractivity contribution in [2.75, 3.05) is 7.11 Å². The number of furan rings is 1. The number of ether oxygens (including phenoxy) is 2. The fraction of sp³-hybridized carbons (Fsp3) is 0.593. The molecule has 2 fully saturated rings. The van der Waals surface area contributed by atoms with Gasteiger partial charge in [-0.25, -0.2) is 0 Å². The van der Waals surface area contributed by atoms with Gasteiger partial charge in [-0.2, -0.15) is 0 Å². The molecule has 1 aliphatic heterocycles. The monoisotopic (exact) mass is 484 g/mol. The summed E-state index contributed by atoms with van der Waals surface area (Å²) in [5.41, 5.74) is -0.646. The summed E-state index contributed by atoms with van der Waals surface area (Å²) in [6.45, 7) is 7.21. The van der Waals surface area contributed by atoms with Crippen LogP contribution in [0.25, 0.3) is 0 Å². The van der Waals surface area contributed by atoms with Crippen LogP contribution in [0.5, 0.6) is 0 Å². The lowest BCUT2D eigenvalue weighted by molar-refractivity contribution is -0.215. The molecule has 9 atom stereocenters. The smallest absolute Gasteiger partial charge is 0.313 e. The standard InChI is InChI=1S/C27H32O8/c1-13-15(14-7-9-34-12-14)10-16-20(13)27(4)17(11-19(29)33-5)26(3)18(28)6-8-25(2,24(31)32)22(26)21(30)23(27)35-16/h6-9,12,15-17,21-23,30H,10-11H2,1-5H3,(H,31,32). The van der Waals surface area contributed by atoms with Crippen LogP contribution in [0, 0.1) is 28.1 Å². The van der Waals surface area contributed by atoms with E-state index in [4.69, 9.17) is 13.9 Å². The van der Waals surface area contributed by atoms with Gasteiger partial charge >= 0.3 is 11.9 Å². The van der Waals surface area contributed by atoms with Crippen LogP contribution in [-0.4, -0.2) is 53.4 Å². The number of hydrogen-bond donors (Lipinski definition) is 2. The Labute approximate surface area is 204 Å². The van der Waals surface area contributed by atoms with Crippen molar-refractivity contribution < 1.29 is 38.5 Å². The van der Waals surface area contributed by atoms with E-state index in [9.17, 15) is 24.6 Å². The number of carboxylic acids is 1. The summed E-state index contributed by atoms with van der Waals surface area (Å²) in [7, 11) is 1.30. The molecule has 188 valence electrons. The van der Waals surface area contributed by atoms with Gasteiger partial charge in [-0.3, -0.25) is 14.4 Å². The van der Waals surface area contributed by atoms with Crippen molar-refractivity contribution in [2.45, 2.75) is 64.8 Å². The van der Waals surface area contributed by atoms with E-state index in [2.05, 4.69) is 0 Å². The number of fused-ring (bicyclic) bond motifs is 4. The SMILES string of the molecule is COC(=O)CC1C2(C)C3=C(C)C(c4ccoc4)CC3OC2C(O)C2C(C)(C(=O)O)C=CC(=O)C21C. The fourth-order valence-electron chi connectivity index (χ4n) is 8.08. The molecule has 0 aromatic carbocycles. The van der Waals surface area contributed by atoms with E-state index in [1.165, 1.54) is 26.2 Å². The highest BCUT2D eigenvalue weighted by Gasteiger charge is 2.74. The van der Waals surface area contributed by atoms with Crippen molar-refractivity contribution in [3.63, 3.8) is 0 Å². The third kappa shape index (κ3) is 2.90. The minimum absolute atomic E-state index is 0.0548. The summed E-state index contributed by atoms with van der Waals surface area (Å²) in [6.07, 6.45) is 4.26. The molecule has 0 amide bonds. The predicted octanol–water partition coefficient (Wildman–Crippen LogP) is 3.26. The van der Waals surface area contributed by atoms with Crippen molar-refractivity contribution in [1.29, 1.82) is 0 Å². The number of carbonyl (C=O) groups excluding carboxylic acids is 2. The van der Waals surface area contributed by atoms with E-state index < -0.39 is 52.2 Å². The lowest BCUT2D eigenvalue weighted by atomic mass is 9.41. The molecule has 0 radical (unpaired) electrons. The topological polar surface area (TPSA) is 123 Å².